The average Bonchev–Trinajstić information content (AvgIpc) is 2.37. The Balaban J connectivity index is 2.64. The summed E-state index contributed by atoms with van der Waals surface area (Å²) >= 11 is 5.28. The van der Waals surface area contributed by atoms with Crippen LogP contribution in [0.1, 0.15) is 30.3 Å². The maximum absolute atomic E-state index is 5.53. The van der Waals surface area contributed by atoms with Crippen molar-refractivity contribution in [2.75, 3.05) is 7.11 Å². The van der Waals surface area contributed by atoms with Gasteiger partial charge in [-0.25, -0.2) is 4.98 Å². The van der Waals surface area contributed by atoms with Gasteiger partial charge in [-0.3, -0.25) is 0 Å². The number of H-pyrrole nitrogens is 1. The van der Waals surface area contributed by atoms with Gasteiger partial charge in [0.25, 0.3) is 0 Å². The molecule has 1 aromatic heterocycles. The molecule has 0 amide bonds. The van der Waals surface area contributed by atoms with E-state index in [1.54, 1.807) is 7.11 Å². The minimum absolute atomic E-state index is 0.615. The summed E-state index contributed by atoms with van der Waals surface area (Å²) < 4.78 is 6.14. The first-order chi connectivity index (χ1) is 9.55. The third kappa shape index (κ3) is 3.07. The van der Waals surface area contributed by atoms with Gasteiger partial charge >= 0.3 is 0 Å². The highest BCUT2D eigenvalue weighted by Crippen LogP contribution is 2.33. The summed E-state index contributed by atoms with van der Waals surface area (Å²) in [4.78, 5) is 7.75. The van der Waals surface area contributed by atoms with Gasteiger partial charge < -0.3 is 9.72 Å². The van der Waals surface area contributed by atoms with Gasteiger partial charge in [0.2, 0.25) is 0 Å². The topological polar surface area (TPSA) is 37.9 Å². The van der Waals surface area contributed by atoms with Crippen molar-refractivity contribution >= 4 is 12.2 Å². The number of rotatable bonds is 4. The maximum Gasteiger partial charge on any atom is 0.130 e. The Hall–Kier alpha value is -1.68. The van der Waals surface area contributed by atoms with Crippen molar-refractivity contribution in [3.63, 3.8) is 0 Å². The second kappa shape index (κ2) is 6.18. The Morgan fingerprint density at radius 1 is 1.25 bits per heavy atom. The van der Waals surface area contributed by atoms with Crippen LogP contribution < -0.4 is 4.74 Å². The third-order valence-corrected chi connectivity index (χ3v) is 3.42. The van der Waals surface area contributed by atoms with Gasteiger partial charge in [0.1, 0.15) is 16.2 Å². The van der Waals surface area contributed by atoms with Crippen molar-refractivity contribution in [2.45, 2.75) is 33.6 Å². The molecule has 106 valence electrons. The minimum Gasteiger partial charge on any atom is -0.496 e. The van der Waals surface area contributed by atoms with Gasteiger partial charge in [-0.05, 0) is 43.5 Å². The fraction of sp³-hybridized carbons (Fsp3) is 0.375. The first-order valence-electron chi connectivity index (χ1n) is 6.81. The predicted octanol–water partition coefficient (Wildman–Crippen LogP) is 4.38. The molecule has 20 heavy (non-hydrogen) atoms. The number of aromatic amines is 1. The molecule has 0 saturated heterocycles. The molecule has 0 atom stereocenters. The van der Waals surface area contributed by atoms with E-state index in [4.69, 9.17) is 17.0 Å². The monoisotopic (exact) mass is 288 g/mol. The first-order valence-corrected chi connectivity index (χ1v) is 7.21. The maximum atomic E-state index is 5.53. The van der Waals surface area contributed by atoms with Crippen LogP contribution in [0, 0.1) is 18.5 Å². The number of ether oxygens (including phenoxy) is 1. The lowest BCUT2D eigenvalue weighted by Crippen LogP contribution is -2.00. The number of aryl methyl sites for hydroxylation is 3. The smallest absolute Gasteiger partial charge is 0.130 e. The van der Waals surface area contributed by atoms with Gasteiger partial charge in [0.15, 0.2) is 0 Å². The van der Waals surface area contributed by atoms with E-state index in [9.17, 15) is 0 Å². The second-order valence-electron chi connectivity index (χ2n) is 4.99. The van der Waals surface area contributed by atoms with Crippen LogP contribution in [0.5, 0.6) is 5.75 Å². The van der Waals surface area contributed by atoms with E-state index in [0.29, 0.717) is 4.64 Å². The quantitative estimate of drug-likeness (QED) is 0.848. The largest absolute Gasteiger partial charge is 0.496 e. The predicted molar refractivity (Wildman–Crippen MR) is 84.9 cm³/mol. The number of aromatic nitrogens is 2. The molecule has 4 heteroatoms. The number of benzene rings is 1. The molecular weight excluding hydrogens is 268 g/mol. The molecule has 0 bridgehead atoms. The molecule has 2 rings (SSSR count). The molecule has 3 nitrogen and oxygen atoms in total. The molecule has 2 aromatic rings. The fourth-order valence-corrected chi connectivity index (χ4v) is 2.66. The van der Waals surface area contributed by atoms with Crippen LogP contribution in [-0.2, 0) is 6.42 Å². The zero-order chi connectivity index (χ0) is 14.7. The lowest BCUT2D eigenvalue weighted by Gasteiger charge is -2.14. The number of nitrogens with zero attached hydrogens (tertiary/aromatic N) is 1. The molecule has 1 N–H and O–H groups in total. The van der Waals surface area contributed by atoms with Crippen LogP contribution in [0.25, 0.3) is 11.3 Å². The van der Waals surface area contributed by atoms with E-state index in [2.05, 4.69) is 36.8 Å². The highest BCUT2D eigenvalue weighted by atomic mass is 32.1. The Labute approximate surface area is 125 Å². The lowest BCUT2D eigenvalue weighted by atomic mass is 10.0. The number of nitrogens with one attached hydrogen (secondary N) is 1. The van der Waals surface area contributed by atoms with E-state index in [1.165, 1.54) is 11.1 Å². The molecule has 0 aliphatic heterocycles. The summed E-state index contributed by atoms with van der Waals surface area (Å²) in [5.41, 5.74) is 4.39. The van der Waals surface area contributed by atoms with Crippen molar-refractivity contribution in [1.82, 2.24) is 9.97 Å². The van der Waals surface area contributed by atoms with E-state index in [1.807, 2.05) is 12.1 Å². The Bertz CT molecular complexity index is 677. The molecule has 1 aromatic carbocycles. The van der Waals surface area contributed by atoms with Crippen LogP contribution in [0.3, 0.4) is 0 Å². The van der Waals surface area contributed by atoms with Gasteiger partial charge in [0.05, 0.1) is 12.8 Å². The van der Waals surface area contributed by atoms with Crippen molar-refractivity contribution in [2.24, 2.45) is 0 Å². The van der Waals surface area contributed by atoms with Crippen molar-refractivity contribution in [3.8, 4) is 17.0 Å². The molecule has 0 saturated carbocycles. The van der Waals surface area contributed by atoms with E-state index < -0.39 is 0 Å². The first kappa shape index (κ1) is 14.7. The molecule has 0 spiro atoms. The summed E-state index contributed by atoms with van der Waals surface area (Å²) in [5.74, 6) is 1.79. The lowest BCUT2D eigenvalue weighted by molar-refractivity contribution is 0.415. The number of hydrogen-bond acceptors (Lipinski definition) is 3. The number of methoxy groups -OCH3 is 1. The summed E-state index contributed by atoms with van der Waals surface area (Å²) in [5, 5.41) is 0. The summed E-state index contributed by atoms with van der Waals surface area (Å²) in [6, 6.07) is 6.09. The highest BCUT2D eigenvalue weighted by molar-refractivity contribution is 7.71. The molecule has 0 aliphatic carbocycles. The van der Waals surface area contributed by atoms with Gasteiger partial charge in [-0.1, -0.05) is 25.2 Å². The Kier molecular flexibility index (Phi) is 4.55. The summed E-state index contributed by atoms with van der Waals surface area (Å²) in [6.45, 7) is 6.28. The molecular formula is C16H20N2OS. The van der Waals surface area contributed by atoms with E-state index in [0.717, 1.165) is 35.7 Å². The van der Waals surface area contributed by atoms with Gasteiger partial charge in [-0.2, -0.15) is 0 Å². The van der Waals surface area contributed by atoms with Crippen molar-refractivity contribution < 1.29 is 4.74 Å². The zero-order valence-corrected chi connectivity index (χ0v) is 13.2. The highest BCUT2D eigenvalue weighted by Gasteiger charge is 2.12. The van der Waals surface area contributed by atoms with Gasteiger partial charge in [0, 0.05) is 12.0 Å². The molecule has 0 aliphatic rings. The van der Waals surface area contributed by atoms with Gasteiger partial charge in [-0.15, -0.1) is 0 Å². The third-order valence-electron chi connectivity index (χ3n) is 3.21. The molecule has 0 unspecified atom stereocenters. The molecule has 0 fully saturated rings. The van der Waals surface area contributed by atoms with Crippen LogP contribution in [0.15, 0.2) is 18.2 Å². The van der Waals surface area contributed by atoms with Crippen LogP contribution in [0.2, 0.25) is 0 Å². The fourth-order valence-electron chi connectivity index (χ4n) is 2.43. The zero-order valence-electron chi connectivity index (χ0n) is 12.4. The Morgan fingerprint density at radius 3 is 2.65 bits per heavy atom. The standard InChI is InChI=1S/C16H20N2OS/c1-5-6-14-17-12(9-15(20)18-14)16-11(3)7-10(2)8-13(16)19-4/h7-9H,5-6H2,1-4H3,(H,17,18,20). The van der Waals surface area contributed by atoms with Crippen molar-refractivity contribution in [1.29, 1.82) is 0 Å². The van der Waals surface area contributed by atoms with Crippen LogP contribution >= 0.6 is 12.2 Å². The molecule has 0 radical (unpaired) electrons. The summed E-state index contributed by atoms with van der Waals surface area (Å²) in [6.07, 6.45) is 1.93. The number of hydrogen-bond donors (Lipinski definition) is 1. The molecule has 1 heterocycles. The summed E-state index contributed by atoms with van der Waals surface area (Å²) in [7, 11) is 1.69. The minimum atomic E-state index is 0.615. The van der Waals surface area contributed by atoms with E-state index in [-0.39, 0.29) is 0 Å². The SMILES string of the molecule is CCCc1nc(=S)cc(-c2c(C)cc(C)cc2OC)[nH]1. The average molecular weight is 288 g/mol. The second-order valence-corrected chi connectivity index (χ2v) is 5.41. The van der Waals surface area contributed by atoms with Crippen LogP contribution in [0.4, 0.5) is 0 Å². The Morgan fingerprint density at radius 2 is 2.00 bits per heavy atom. The van der Waals surface area contributed by atoms with Crippen molar-refractivity contribution in [3.05, 3.63) is 39.8 Å². The van der Waals surface area contributed by atoms with Crippen LogP contribution in [-0.4, -0.2) is 17.1 Å². The normalized spacial score (nSPS) is 10.6. The van der Waals surface area contributed by atoms with E-state index >= 15 is 0 Å².